The van der Waals surface area contributed by atoms with E-state index in [1.807, 2.05) is 6.07 Å². The van der Waals surface area contributed by atoms with Gasteiger partial charge in [0.15, 0.2) is 5.78 Å². The van der Waals surface area contributed by atoms with Crippen LogP contribution < -0.4 is 5.11 Å². The maximum absolute atomic E-state index is 11.2. The number of rotatable bonds is 2. The molecule has 0 aliphatic heterocycles. The summed E-state index contributed by atoms with van der Waals surface area (Å²) in [5.41, 5.74) is 0.549. The van der Waals surface area contributed by atoms with Crippen molar-refractivity contribution in [2.45, 2.75) is 6.92 Å². The molecule has 0 aliphatic rings. The fourth-order valence-corrected chi connectivity index (χ4v) is 0.870. The molecule has 13 heavy (non-hydrogen) atoms. The van der Waals surface area contributed by atoms with Gasteiger partial charge in [-0.3, -0.25) is 4.79 Å². The summed E-state index contributed by atoms with van der Waals surface area (Å²) in [6.45, 7) is 1.36. The van der Waals surface area contributed by atoms with Gasteiger partial charge >= 0.3 is 27.3 Å². The fourth-order valence-electron chi connectivity index (χ4n) is 0.870. The summed E-state index contributed by atoms with van der Waals surface area (Å²) in [5.74, 6) is -0.452. The fraction of sp³-hybridized carbons (Fsp3) is 0.100. The van der Waals surface area contributed by atoms with Crippen LogP contribution in [0, 0.1) is 0 Å². The number of ketones is 1. The van der Waals surface area contributed by atoms with Gasteiger partial charge in [0, 0.05) is 0 Å². The molecule has 1 aromatic carbocycles. The van der Waals surface area contributed by atoms with Gasteiger partial charge in [-0.2, -0.15) is 0 Å². The first-order chi connectivity index (χ1) is 5.70. The molecule has 0 N–H and O–H groups in total. The summed E-state index contributed by atoms with van der Waals surface area (Å²) in [6, 6.07) is 8.72. The summed E-state index contributed by atoms with van der Waals surface area (Å²) in [6.07, 6.45) is 1.09. The third-order valence-corrected chi connectivity index (χ3v) is 1.39. The van der Waals surface area contributed by atoms with Crippen LogP contribution >= 0.6 is 0 Å². The monoisotopic (exact) mass is 366 g/mol. The van der Waals surface area contributed by atoms with Crippen molar-refractivity contribution in [1.82, 2.24) is 0 Å². The second-order valence-corrected chi connectivity index (χ2v) is 2.49. The topological polar surface area (TPSA) is 40.1 Å². The Morgan fingerprint density at radius 2 is 1.85 bits per heavy atom. The maximum Gasteiger partial charge on any atom is 1.00 e. The average Bonchev–Trinajstić information content (AvgIpc) is 2.05. The van der Waals surface area contributed by atoms with Crippen molar-refractivity contribution in [2.24, 2.45) is 0 Å². The van der Waals surface area contributed by atoms with E-state index < -0.39 is 0 Å². The second-order valence-electron chi connectivity index (χ2n) is 2.49. The minimum absolute atomic E-state index is 0. The van der Waals surface area contributed by atoms with E-state index in [0.717, 1.165) is 6.08 Å². The Morgan fingerprint density at radius 3 is 2.31 bits per heavy atom. The van der Waals surface area contributed by atoms with Gasteiger partial charge in [0.05, 0.1) is 0 Å². The van der Waals surface area contributed by atoms with Gasteiger partial charge in [-0.15, -0.1) is 0 Å². The Hall–Kier alpha value is -0.648. The van der Waals surface area contributed by atoms with Gasteiger partial charge in [0.2, 0.25) is 0 Å². The van der Waals surface area contributed by atoms with E-state index in [0.29, 0.717) is 5.56 Å². The Kier molecular flexibility index (Phi) is 5.61. The van der Waals surface area contributed by atoms with Gasteiger partial charge in [-0.1, -0.05) is 36.1 Å². The molecule has 0 radical (unpaired) electrons. The van der Waals surface area contributed by atoms with E-state index in [-0.39, 0.29) is 38.8 Å². The molecular formula is C10H9O2Tl. The van der Waals surface area contributed by atoms with Gasteiger partial charge in [0.1, 0.15) is 0 Å². The first-order valence-electron chi connectivity index (χ1n) is 3.65. The van der Waals surface area contributed by atoms with Crippen molar-refractivity contribution >= 4 is 38.8 Å². The minimum Gasteiger partial charge on any atom is -0.872 e. The van der Waals surface area contributed by atoms with Crippen molar-refractivity contribution < 1.29 is 9.90 Å². The zero-order chi connectivity index (χ0) is 8.97. The molecule has 0 aliphatic carbocycles. The molecule has 0 atom stereocenters. The van der Waals surface area contributed by atoms with Crippen LogP contribution in [0.25, 0.3) is 5.76 Å². The van der Waals surface area contributed by atoms with Crippen LogP contribution in [0.1, 0.15) is 12.5 Å². The Balaban J connectivity index is 0.00000144. The molecule has 0 heterocycles. The SMILES string of the molecule is CC(=O)/C=C(\[O-])c1ccccc1.[Tl+]. The van der Waals surface area contributed by atoms with Gasteiger partial charge in [0.25, 0.3) is 0 Å². The molecular weight excluding hydrogens is 356 g/mol. The van der Waals surface area contributed by atoms with Gasteiger partial charge in [-0.05, 0) is 18.6 Å². The number of hydrogen-bond donors (Lipinski definition) is 0. The number of allylic oxidation sites excluding steroid dienone is 1. The van der Waals surface area contributed by atoms with Crippen LogP contribution in [0.4, 0.5) is 0 Å². The van der Waals surface area contributed by atoms with Crippen molar-refractivity contribution in [3.63, 3.8) is 0 Å². The van der Waals surface area contributed by atoms with Gasteiger partial charge < -0.3 is 5.11 Å². The van der Waals surface area contributed by atoms with E-state index in [9.17, 15) is 9.90 Å². The van der Waals surface area contributed by atoms with E-state index in [1.165, 1.54) is 6.92 Å². The minimum atomic E-state index is -0.233. The van der Waals surface area contributed by atoms with Crippen LogP contribution in [0.2, 0.25) is 0 Å². The first-order valence-corrected chi connectivity index (χ1v) is 3.65. The third kappa shape index (κ3) is 4.21. The second kappa shape index (κ2) is 5.91. The molecule has 0 fully saturated rings. The molecule has 0 saturated carbocycles. The van der Waals surface area contributed by atoms with Crippen LogP contribution in [0.5, 0.6) is 0 Å². The number of hydrogen-bond acceptors (Lipinski definition) is 2. The maximum atomic E-state index is 11.2. The number of carbonyl (C=O) groups is 1. The molecule has 3 heteroatoms. The number of benzene rings is 1. The van der Waals surface area contributed by atoms with E-state index in [4.69, 9.17) is 0 Å². The van der Waals surface area contributed by atoms with E-state index >= 15 is 0 Å². The molecule has 0 spiro atoms. The van der Waals surface area contributed by atoms with E-state index in [2.05, 4.69) is 0 Å². The third-order valence-electron chi connectivity index (χ3n) is 1.39. The molecule has 0 saturated heterocycles. The van der Waals surface area contributed by atoms with Crippen molar-refractivity contribution in [2.75, 3.05) is 0 Å². The smallest absolute Gasteiger partial charge is 0.872 e. The Bertz CT molecular complexity index is 304. The van der Waals surface area contributed by atoms with Crippen LogP contribution in [0.3, 0.4) is 0 Å². The van der Waals surface area contributed by atoms with Crippen molar-refractivity contribution in [3.8, 4) is 0 Å². The molecule has 64 valence electrons. The summed E-state index contributed by atoms with van der Waals surface area (Å²) < 4.78 is 0. The standard InChI is InChI=1S/C10H10O2.Tl/c1-8(11)7-10(12)9-5-3-2-4-6-9;/h2-7,12H,1H3;/q;+1/p-1/b10-7-;. The molecule has 1 aromatic rings. The summed E-state index contributed by atoms with van der Waals surface area (Å²) in [7, 11) is 0. The van der Waals surface area contributed by atoms with Crippen LogP contribution in [0.15, 0.2) is 36.4 Å². The first kappa shape index (κ1) is 12.4. The largest absolute Gasteiger partial charge is 1.00 e. The predicted molar refractivity (Wildman–Crippen MR) is 50.9 cm³/mol. The van der Waals surface area contributed by atoms with E-state index in [1.54, 1.807) is 24.3 Å². The van der Waals surface area contributed by atoms with Crippen molar-refractivity contribution in [1.29, 1.82) is 0 Å². The molecule has 0 bridgehead atoms. The average molecular weight is 366 g/mol. The van der Waals surface area contributed by atoms with Gasteiger partial charge in [-0.25, -0.2) is 0 Å². The molecule has 2 nitrogen and oxygen atoms in total. The zero-order valence-electron chi connectivity index (χ0n) is 7.36. The Labute approximate surface area is 97.4 Å². The number of carbonyl (C=O) groups excluding carboxylic acids is 1. The summed E-state index contributed by atoms with van der Waals surface area (Å²) in [4.78, 5) is 10.6. The molecule has 0 amide bonds. The normalized spacial score (nSPS) is 10.4. The summed E-state index contributed by atoms with van der Waals surface area (Å²) in [5, 5.41) is 11.2. The quantitative estimate of drug-likeness (QED) is 0.437. The van der Waals surface area contributed by atoms with Crippen molar-refractivity contribution in [3.05, 3.63) is 42.0 Å². The van der Waals surface area contributed by atoms with Crippen LogP contribution in [-0.2, 0) is 4.79 Å². The van der Waals surface area contributed by atoms with Crippen LogP contribution in [-0.4, -0.2) is 33.1 Å². The molecule has 0 aromatic heterocycles. The molecule has 1 rings (SSSR count). The Morgan fingerprint density at radius 1 is 1.31 bits per heavy atom. The predicted octanol–water partition coefficient (Wildman–Crippen LogP) is 0.596. The summed E-state index contributed by atoms with van der Waals surface area (Å²) >= 11 is 0. The zero-order valence-corrected chi connectivity index (χ0v) is 11.8. The molecule has 0 unspecified atom stereocenters.